The highest BCUT2D eigenvalue weighted by Crippen LogP contribution is 2.25. The van der Waals surface area contributed by atoms with Crippen LogP contribution in [0.15, 0.2) is 32.6 Å². The van der Waals surface area contributed by atoms with Crippen molar-refractivity contribution in [1.82, 2.24) is 30.0 Å². The third-order valence-corrected chi connectivity index (χ3v) is 6.58. The van der Waals surface area contributed by atoms with Gasteiger partial charge in [-0.15, -0.1) is 11.3 Å². The van der Waals surface area contributed by atoms with Gasteiger partial charge in [0, 0.05) is 58.2 Å². The molecule has 1 aliphatic heterocycles. The number of aromatic nitrogens is 3. The SMILES string of the molecule is CCN(CC)C(=O)CCc1nc(CN2CCN(C(=O)c3cc(-c4cccs4)on3)CC2)no1. The van der Waals surface area contributed by atoms with Gasteiger partial charge in [0.1, 0.15) is 0 Å². The third-order valence-electron chi connectivity index (χ3n) is 5.70. The molecule has 0 aromatic carbocycles. The number of rotatable bonds is 9. The van der Waals surface area contributed by atoms with Crippen molar-refractivity contribution in [1.29, 1.82) is 0 Å². The molecule has 3 aromatic rings. The van der Waals surface area contributed by atoms with E-state index in [9.17, 15) is 9.59 Å². The smallest absolute Gasteiger partial charge is 0.276 e. The zero-order valence-corrected chi connectivity index (χ0v) is 19.7. The van der Waals surface area contributed by atoms with Crippen molar-refractivity contribution in [2.24, 2.45) is 0 Å². The average molecular weight is 473 g/mol. The van der Waals surface area contributed by atoms with Crippen LogP contribution in [0.1, 0.15) is 42.5 Å². The quantitative estimate of drug-likeness (QED) is 0.467. The first-order chi connectivity index (χ1) is 16.1. The van der Waals surface area contributed by atoms with Crippen LogP contribution in [0.3, 0.4) is 0 Å². The van der Waals surface area contributed by atoms with Crippen LogP contribution in [0.4, 0.5) is 0 Å². The normalized spacial score (nSPS) is 14.5. The highest BCUT2D eigenvalue weighted by molar-refractivity contribution is 7.13. The Morgan fingerprint density at radius 2 is 1.91 bits per heavy atom. The Balaban J connectivity index is 1.24. The van der Waals surface area contributed by atoms with Crippen LogP contribution in [0.2, 0.25) is 0 Å². The summed E-state index contributed by atoms with van der Waals surface area (Å²) in [6.45, 7) is 8.45. The van der Waals surface area contributed by atoms with E-state index >= 15 is 0 Å². The van der Waals surface area contributed by atoms with Gasteiger partial charge in [0.15, 0.2) is 17.3 Å². The Kier molecular flexibility index (Phi) is 7.50. The Bertz CT molecular complexity index is 1050. The second-order valence-electron chi connectivity index (χ2n) is 7.79. The molecular formula is C22H28N6O4S. The van der Waals surface area contributed by atoms with E-state index < -0.39 is 0 Å². The Morgan fingerprint density at radius 3 is 2.61 bits per heavy atom. The molecule has 0 unspecified atom stereocenters. The summed E-state index contributed by atoms with van der Waals surface area (Å²) in [7, 11) is 0. The molecule has 10 nitrogen and oxygen atoms in total. The van der Waals surface area contributed by atoms with Crippen LogP contribution in [0.25, 0.3) is 10.6 Å². The monoisotopic (exact) mass is 472 g/mol. The lowest BCUT2D eigenvalue weighted by molar-refractivity contribution is -0.130. The molecule has 11 heteroatoms. The maximum atomic E-state index is 12.8. The highest BCUT2D eigenvalue weighted by atomic mass is 32.1. The molecule has 1 fully saturated rings. The summed E-state index contributed by atoms with van der Waals surface area (Å²) < 4.78 is 10.6. The standard InChI is InChI=1S/C22H28N6O4S/c1-3-27(4-2)21(29)8-7-20-23-19(25-32-20)15-26-9-11-28(12-10-26)22(30)16-14-17(31-24-16)18-6-5-13-33-18/h5-6,13-14H,3-4,7-12,15H2,1-2H3. The van der Waals surface area contributed by atoms with Crippen LogP contribution in [0.5, 0.6) is 0 Å². The van der Waals surface area contributed by atoms with Gasteiger partial charge in [0.2, 0.25) is 11.8 Å². The molecule has 4 heterocycles. The number of carbonyl (C=O) groups is 2. The summed E-state index contributed by atoms with van der Waals surface area (Å²) in [5, 5.41) is 9.96. The van der Waals surface area contributed by atoms with Gasteiger partial charge in [-0.2, -0.15) is 4.98 Å². The number of piperazine rings is 1. The predicted octanol–water partition coefficient (Wildman–Crippen LogP) is 2.55. The van der Waals surface area contributed by atoms with Gasteiger partial charge in [-0.1, -0.05) is 16.4 Å². The largest absolute Gasteiger partial charge is 0.355 e. The zero-order chi connectivity index (χ0) is 23.2. The van der Waals surface area contributed by atoms with Gasteiger partial charge < -0.3 is 18.8 Å². The Hall–Kier alpha value is -3.05. The van der Waals surface area contributed by atoms with Gasteiger partial charge in [0.05, 0.1) is 11.4 Å². The molecule has 2 amide bonds. The maximum Gasteiger partial charge on any atom is 0.276 e. The van der Waals surface area contributed by atoms with Crippen molar-refractivity contribution in [3.05, 3.63) is 41.0 Å². The van der Waals surface area contributed by atoms with Gasteiger partial charge >= 0.3 is 0 Å². The predicted molar refractivity (Wildman–Crippen MR) is 122 cm³/mol. The van der Waals surface area contributed by atoms with E-state index in [1.807, 2.05) is 31.4 Å². The topological polar surface area (TPSA) is 109 Å². The van der Waals surface area contributed by atoms with Gasteiger partial charge in [0.25, 0.3) is 5.91 Å². The number of aryl methyl sites for hydroxylation is 1. The van der Waals surface area contributed by atoms with E-state index in [-0.39, 0.29) is 11.8 Å². The van der Waals surface area contributed by atoms with Crippen LogP contribution in [-0.2, 0) is 17.8 Å². The minimum Gasteiger partial charge on any atom is -0.355 e. The highest BCUT2D eigenvalue weighted by Gasteiger charge is 2.26. The molecule has 0 radical (unpaired) electrons. The number of carbonyl (C=O) groups excluding carboxylic acids is 2. The summed E-state index contributed by atoms with van der Waals surface area (Å²) in [5.74, 6) is 1.65. The molecule has 0 aliphatic carbocycles. The molecule has 0 saturated carbocycles. The molecule has 0 bridgehead atoms. The Morgan fingerprint density at radius 1 is 1.12 bits per heavy atom. The van der Waals surface area contributed by atoms with E-state index in [4.69, 9.17) is 9.05 Å². The third kappa shape index (κ3) is 5.66. The van der Waals surface area contributed by atoms with Crippen molar-refractivity contribution >= 4 is 23.2 Å². The van der Waals surface area contributed by atoms with Crippen LogP contribution < -0.4 is 0 Å². The lowest BCUT2D eigenvalue weighted by Crippen LogP contribution is -2.48. The number of thiophene rings is 1. The summed E-state index contributed by atoms with van der Waals surface area (Å²) in [5.41, 5.74) is 0.328. The molecule has 1 aliphatic rings. The summed E-state index contributed by atoms with van der Waals surface area (Å²) in [6.07, 6.45) is 0.802. The van der Waals surface area contributed by atoms with Crippen molar-refractivity contribution in [3.8, 4) is 10.6 Å². The fraction of sp³-hybridized carbons (Fsp3) is 0.500. The minimum atomic E-state index is -0.124. The lowest BCUT2D eigenvalue weighted by Gasteiger charge is -2.33. The summed E-state index contributed by atoms with van der Waals surface area (Å²) in [4.78, 5) is 36.1. The van der Waals surface area contributed by atoms with Crippen LogP contribution >= 0.6 is 11.3 Å². The average Bonchev–Trinajstić information content (AvgIpc) is 3.60. The van der Waals surface area contributed by atoms with E-state index in [1.54, 1.807) is 27.2 Å². The van der Waals surface area contributed by atoms with Gasteiger partial charge in [-0.3, -0.25) is 14.5 Å². The van der Waals surface area contributed by atoms with Crippen LogP contribution in [-0.4, -0.2) is 81.1 Å². The molecule has 1 saturated heterocycles. The molecule has 3 aromatic heterocycles. The van der Waals surface area contributed by atoms with Crippen molar-refractivity contribution in [2.45, 2.75) is 33.2 Å². The summed E-state index contributed by atoms with van der Waals surface area (Å²) >= 11 is 1.54. The van der Waals surface area contributed by atoms with E-state index in [0.717, 1.165) is 4.88 Å². The lowest BCUT2D eigenvalue weighted by atomic mass is 10.2. The van der Waals surface area contributed by atoms with Gasteiger partial charge in [-0.05, 0) is 25.3 Å². The second kappa shape index (κ2) is 10.7. The number of nitrogens with zero attached hydrogens (tertiary/aromatic N) is 6. The minimum absolute atomic E-state index is 0.0927. The first-order valence-corrected chi connectivity index (χ1v) is 12.1. The maximum absolute atomic E-state index is 12.8. The van der Waals surface area contributed by atoms with Crippen molar-refractivity contribution < 1.29 is 18.6 Å². The first kappa shape index (κ1) is 23.1. The molecule has 0 spiro atoms. The fourth-order valence-electron chi connectivity index (χ4n) is 3.79. The summed E-state index contributed by atoms with van der Waals surface area (Å²) in [6, 6.07) is 5.57. The van der Waals surface area contributed by atoms with Crippen LogP contribution in [0, 0.1) is 0 Å². The van der Waals surface area contributed by atoms with E-state index in [1.165, 1.54) is 0 Å². The zero-order valence-electron chi connectivity index (χ0n) is 18.9. The molecule has 0 atom stereocenters. The second-order valence-corrected chi connectivity index (χ2v) is 8.74. The fourth-order valence-corrected chi connectivity index (χ4v) is 4.46. The van der Waals surface area contributed by atoms with E-state index in [2.05, 4.69) is 20.2 Å². The van der Waals surface area contributed by atoms with Crippen molar-refractivity contribution in [2.75, 3.05) is 39.3 Å². The molecule has 0 N–H and O–H groups in total. The van der Waals surface area contributed by atoms with Crippen molar-refractivity contribution in [3.63, 3.8) is 0 Å². The number of hydrogen-bond acceptors (Lipinski definition) is 9. The Labute approximate surface area is 196 Å². The molecule has 33 heavy (non-hydrogen) atoms. The van der Waals surface area contributed by atoms with E-state index in [0.29, 0.717) is 81.8 Å². The first-order valence-electron chi connectivity index (χ1n) is 11.2. The molecular weight excluding hydrogens is 444 g/mol. The molecule has 4 rings (SSSR count). The van der Waals surface area contributed by atoms with Gasteiger partial charge in [-0.25, -0.2) is 0 Å². The number of hydrogen-bond donors (Lipinski definition) is 0. The number of amides is 2. The molecule has 176 valence electrons.